The van der Waals surface area contributed by atoms with Crippen molar-refractivity contribution in [1.29, 1.82) is 0 Å². The molecule has 1 aromatic carbocycles. The van der Waals surface area contributed by atoms with Crippen molar-refractivity contribution in [2.45, 2.75) is 25.2 Å². The molecule has 1 aliphatic rings. The molecule has 2 nitrogen and oxygen atoms in total. The zero-order chi connectivity index (χ0) is 13.2. The molecule has 1 saturated carbocycles. The zero-order valence-corrected chi connectivity index (χ0v) is 11.2. The van der Waals surface area contributed by atoms with Gasteiger partial charge in [0.15, 0.2) is 0 Å². The summed E-state index contributed by atoms with van der Waals surface area (Å²) < 4.78 is 0. The van der Waals surface area contributed by atoms with E-state index in [-0.39, 0.29) is 0 Å². The Hall–Kier alpha value is -1.67. The molecule has 3 heteroatoms. The minimum atomic E-state index is 0.307. The van der Waals surface area contributed by atoms with Crippen LogP contribution in [0.25, 0.3) is 11.3 Å². The molecule has 1 aliphatic carbocycles. The first kappa shape index (κ1) is 12.4. The maximum Gasteiger partial charge on any atom is 0.133 e. The van der Waals surface area contributed by atoms with Crippen LogP contribution in [0.2, 0.25) is 5.02 Å². The second-order valence-electron chi connectivity index (χ2n) is 4.92. The summed E-state index contributed by atoms with van der Waals surface area (Å²) in [6.07, 6.45) is 4.04. The Labute approximate surface area is 117 Å². The fraction of sp³-hybridized carbons (Fsp3) is 0.250. The third-order valence-corrected chi connectivity index (χ3v) is 3.88. The van der Waals surface area contributed by atoms with E-state index in [4.69, 9.17) is 11.6 Å². The van der Waals surface area contributed by atoms with Crippen molar-refractivity contribution in [3.63, 3.8) is 0 Å². The minimum absolute atomic E-state index is 0.307. The normalized spacial score (nSPS) is 18.8. The molecule has 1 fully saturated rings. The number of benzene rings is 1. The van der Waals surface area contributed by atoms with E-state index >= 15 is 0 Å². The molecule has 0 N–H and O–H groups in total. The van der Waals surface area contributed by atoms with Gasteiger partial charge in [0.2, 0.25) is 0 Å². The molecule has 0 saturated heterocycles. The Morgan fingerprint density at radius 2 is 2.11 bits per heavy atom. The fourth-order valence-corrected chi connectivity index (χ4v) is 2.88. The molecule has 1 unspecified atom stereocenters. The standard InChI is InChI=1S/C16H14ClNO/c17-12-5-7-14(11-4-6-13(19)9-11)15(10-12)16-3-1-2-8-18-16/h1-3,5,7-8,10-11H,4,6,9H2. The third-order valence-electron chi connectivity index (χ3n) is 3.64. The van der Waals surface area contributed by atoms with Gasteiger partial charge in [-0.15, -0.1) is 0 Å². The summed E-state index contributed by atoms with van der Waals surface area (Å²) >= 11 is 6.11. The SMILES string of the molecule is O=C1CCC(c2ccc(Cl)cc2-c2ccccn2)C1. The molecule has 1 atom stereocenters. The molecule has 3 rings (SSSR count). The molecule has 0 spiro atoms. The van der Waals surface area contributed by atoms with E-state index in [9.17, 15) is 4.79 Å². The van der Waals surface area contributed by atoms with Crippen molar-refractivity contribution < 1.29 is 4.79 Å². The average Bonchev–Trinajstić information content (AvgIpc) is 2.86. The fourth-order valence-electron chi connectivity index (χ4n) is 2.71. The number of carbonyl (C=O) groups is 1. The van der Waals surface area contributed by atoms with E-state index in [0.29, 0.717) is 29.6 Å². The monoisotopic (exact) mass is 271 g/mol. The molecule has 0 bridgehead atoms. The first-order chi connectivity index (χ1) is 9.24. The van der Waals surface area contributed by atoms with Gasteiger partial charge in [-0.25, -0.2) is 0 Å². The van der Waals surface area contributed by atoms with Crippen molar-refractivity contribution in [1.82, 2.24) is 4.98 Å². The van der Waals surface area contributed by atoms with E-state index in [1.54, 1.807) is 6.20 Å². The number of hydrogen-bond donors (Lipinski definition) is 0. The number of pyridine rings is 1. The molecule has 1 aromatic heterocycles. The number of halogens is 1. The van der Waals surface area contributed by atoms with Gasteiger partial charge in [-0.3, -0.25) is 9.78 Å². The lowest BCUT2D eigenvalue weighted by Crippen LogP contribution is -1.98. The Bertz CT molecular complexity index is 609. The van der Waals surface area contributed by atoms with Gasteiger partial charge in [0.05, 0.1) is 5.69 Å². The van der Waals surface area contributed by atoms with Gasteiger partial charge in [0.1, 0.15) is 5.78 Å². The van der Waals surface area contributed by atoms with Crippen LogP contribution in [0.5, 0.6) is 0 Å². The highest BCUT2D eigenvalue weighted by molar-refractivity contribution is 6.30. The Morgan fingerprint density at radius 3 is 2.79 bits per heavy atom. The topological polar surface area (TPSA) is 30.0 Å². The summed E-state index contributed by atoms with van der Waals surface area (Å²) in [6, 6.07) is 11.7. The lowest BCUT2D eigenvalue weighted by atomic mass is 9.91. The number of nitrogens with zero attached hydrogens (tertiary/aromatic N) is 1. The number of aromatic nitrogens is 1. The summed E-state index contributed by atoms with van der Waals surface area (Å²) in [5.74, 6) is 0.661. The smallest absolute Gasteiger partial charge is 0.133 e. The largest absolute Gasteiger partial charge is 0.300 e. The predicted octanol–water partition coefficient (Wildman–Crippen LogP) is 4.24. The third kappa shape index (κ3) is 2.54. The molecule has 0 radical (unpaired) electrons. The Balaban J connectivity index is 2.07. The highest BCUT2D eigenvalue weighted by atomic mass is 35.5. The summed E-state index contributed by atoms with van der Waals surface area (Å²) in [5.41, 5.74) is 3.15. The first-order valence-corrected chi connectivity index (χ1v) is 6.84. The Morgan fingerprint density at radius 1 is 1.21 bits per heavy atom. The minimum Gasteiger partial charge on any atom is -0.300 e. The molecule has 19 heavy (non-hydrogen) atoms. The molecule has 2 aromatic rings. The first-order valence-electron chi connectivity index (χ1n) is 6.46. The second kappa shape index (κ2) is 5.14. The van der Waals surface area contributed by atoms with Gasteiger partial charge in [-0.1, -0.05) is 23.7 Å². The molecular weight excluding hydrogens is 258 g/mol. The zero-order valence-electron chi connectivity index (χ0n) is 10.5. The van der Waals surface area contributed by atoms with Crippen LogP contribution >= 0.6 is 11.6 Å². The van der Waals surface area contributed by atoms with Gasteiger partial charge in [-0.05, 0) is 42.2 Å². The van der Waals surface area contributed by atoms with E-state index in [1.807, 2.05) is 36.4 Å². The quantitative estimate of drug-likeness (QED) is 0.818. The summed E-state index contributed by atoms with van der Waals surface area (Å²) in [7, 11) is 0. The van der Waals surface area contributed by atoms with E-state index in [1.165, 1.54) is 5.56 Å². The number of ketones is 1. The summed E-state index contributed by atoms with van der Waals surface area (Å²) in [6.45, 7) is 0. The lowest BCUT2D eigenvalue weighted by Gasteiger charge is -2.14. The molecule has 0 amide bonds. The van der Waals surface area contributed by atoms with Crippen molar-refractivity contribution >= 4 is 17.4 Å². The van der Waals surface area contributed by atoms with Gasteiger partial charge < -0.3 is 0 Å². The van der Waals surface area contributed by atoms with E-state index in [2.05, 4.69) is 4.98 Å². The van der Waals surface area contributed by atoms with Crippen LogP contribution in [-0.2, 0) is 4.79 Å². The van der Waals surface area contributed by atoms with Crippen LogP contribution < -0.4 is 0 Å². The Kier molecular flexibility index (Phi) is 3.34. The second-order valence-corrected chi connectivity index (χ2v) is 5.36. The molecule has 96 valence electrons. The summed E-state index contributed by atoms with van der Waals surface area (Å²) in [4.78, 5) is 15.9. The van der Waals surface area contributed by atoms with Crippen molar-refractivity contribution in [3.8, 4) is 11.3 Å². The van der Waals surface area contributed by atoms with Gasteiger partial charge in [0, 0.05) is 29.6 Å². The lowest BCUT2D eigenvalue weighted by molar-refractivity contribution is -0.117. The average molecular weight is 272 g/mol. The summed E-state index contributed by atoms with van der Waals surface area (Å²) in [5, 5.41) is 0.703. The number of hydrogen-bond acceptors (Lipinski definition) is 2. The van der Waals surface area contributed by atoms with Crippen LogP contribution in [0, 0.1) is 0 Å². The van der Waals surface area contributed by atoms with Crippen LogP contribution in [0.15, 0.2) is 42.6 Å². The maximum atomic E-state index is 11.5. The molecular formula is C16H14ClNO. The van der Waals surface area contributed by atoms with E-state index in [0.717, 1.165) is 17.7 Å². The molecule has 1 heterocycles. The van der Waals surface area contributed by atoms with Crippen LogP contribution in [-0.4, -0.2) is 10.8 Å². The van der Waals surface area contributed by atoms with Gasteiger partial charge >= 0.3 is 0 Å². The van der Waals surface area contributed by atoms with Gasteiger partial charge in [-0.2, -0.15) is 0 Å². The van der Waals surface area contributed by atoms with Crippen LogP contribution in [0.3, 0.4) is 0 Å². The van der Waals surface area contributed by atoms with E-state index < -0.39 is 0 Å². The highest BCUT2D eigenvalue weighted by Crippen LogP contribution is 2.38. The van der Waals surface area contributed by atoms with Crippen LogP contribution in [0.4, 0.5) is 0 Å². The van der Waals surface area contributed by atoms with Crippen LogP contribution in [0.1, 0.15) is 30.7 Å². The van der Waals surface area contributed by atoms with Crippen molar-refractivity contribution in [2.75, 3.05) is 0 Å². The predicted molar refractivity (Wildman–Crippen MR) is 76.3 cm³/mol. The number of carbonyl (C=O) groups excluding carboxylic acids is 1. The number of rotatable bonds is 2. The highest BCUT2D eigenvalue weighted by Gasteiger charge is 2.26. The van der Waals surface area contributed by atoms with Crippen molar-refractivity contribution in [3.05, 3.63) is 53.2 Å². The maximum absolute atomic E-state index is 11.5. The molecule has 0 aliphatic heterocycles. The van der Waals surface area contributed by atoms with Gasteiger partial charge in [0.25, 0.3) is 0 Å². The number of Topliss-reactive ketones (excluding diaryl/α,β-unsaturated/α-hetero) is 1. The van der Waals surface area contributed by atoms with Crippen molar-refractivity contribution in [2.24, 2.45) is 0 Å².